The van der Waals surface area contributed by atoms with Crippen LogP contribution in [-0.2, 0) is 9.53 Å². The summed E-state index contributed by atoms with van der Waals surface area (Å²) in [6.45, 7) is 4.37. The number of piperazine rings is 1. The van der Waals surface area contributed by atoms with Crippen LogP contribution in [-0.4, -0.2) is 68.2 Å². The summed E-state index contributed by atoms with van der Waals surface area (Å²) >= 11 is 0. The number of hydrogen-bond acceptors (Lipinski definition) is 5. The number of amides is 2. The second-order valence-electron chi connectivity index (χ2n) is 5.12. The zero-order valence-electron chi connectivity index (χ0n) is 13.6. The Kier molecular flexibility index (Phi) is 6.08. The Hall–Kier alpha value is -2.44. The van der Waals surface area contributed by atoms with E-state index in [4.69, 9.17) is 9.47 Å². The van der Waals surface area contributed by atoms with Crippen LogP contribution in [0.1, 0.15) is 6.92 Å². The van der Waals surface area contributed by atoms with Gasteiger partial charge in [0.2, 0.25) is 5.91 Å². The molecule has 1 fully saturated rings. The van der Waals surface area contributed by atoms with E-state index in [1.54, 1.807) is 23.8 Å². The monoisotopic (exact) mass is 321 g/mol. The molecule has 0 bridgehead atoms. The maximum atomic E-state index is 12.3. The van der Waals surface area contributed by atoms with Crippen LogP contribution in [0.3, 0.4) is 0 Å². The van der Waals surface area contributed by atoms with E-state index in [1.165, 1.54) is 0 Å². The number of rotatable bonds is 5. The lowest BCUT2D eigenvalue weighted by Crippen LogP contribution is -2.51. The first kappa shape index (κ1) is 16.9. The van der Waals surface area contributed by atoms with Crippen LogP contribution in [0.4, 0.5) is 10.5 Å². The quantitative estimate of drug-likeness (QED) is 0.888. The summed E-state index contributed by atoms with van der Waals surface area (Å²) in [7, 11) is 1.59. The average Bonchev–Trinajstić information content (AvgIpc) is 2.60. The van der Waals surface area contributed by atoms with Crippen molar-refractivity contribution in [3.8, 4) is 5.75 Å². The molecule has 0 spiro atoms. The first-order valence-electron chi connectivity index (χ1n) is 7.72. The highest BCUT2D eigenvalue weighted by Crippen LogP contribution is 2.22. The number of carbonyl (C=O) groups excluding carboxylic acids is 2. The molecule has 1 aromatic carbocycles. The van der Waals surface area contributed by atoms with Crippen molar-refractivity contribution < 1.29 is 19.1 Å². The number of ether oxygens (including phenoxy) is 2. The fourth-order valence-corrected chi connectivity index (χ4v) is 2.43. The number of benzene rings is 1. The third-order valence-electron chi connectivity index (χ3n) is 3.70. The van der Waals surface area contributed by atoms with E-state index in [9.17, 15) is 9.59 Å². The zero-order chi connectivity index (χ0) is 16.7. The van der Waals surface area contributed by atoms with E-state index in [0.717, 1.165) is 5.69 Å². The number of anilines is 1. The summed E-state index contributed by atoms with van der Waals surface area (Å²) in [5.41, 5.74) is 0.786. The molecule has 1 aliphatic rings. The van der Waals surface area contributed by atoms with Crippen molar-refractivity contribution in [1.29, 1.82) is 0 Å². The summed E-state index contributed by atoms with van der Waals surface area (Å²) < 4.78 is 10.2. The predicted molar refractivity (Wildman–Crippen MR) is 86.7 cm³/mol. The third kappa shape index (κ3) is 4.51. The van der Waals surface area contributed by atoms with Crippen molar-refractivity contribution >= 4 is 17.7 Å². The van der Waals surface area contributed by atoms with E-state index in [-0.39, 0.29) is 18.5 Å². The van der Waals surface area contributed by atoms with Crippen LogP contribution >= 0.6 is 0 Å². The molecular formula is C16H23N3O4. The maximum absolute atomic E-state index is 12.3. The lowest BCUT2D eigenvalue weighted by Gasteiger charge is -2.34. The van der Waals surface area contributed by atoms with Crippen LogP contribution in [0.15, 0.2) is 24.3 Å². The minimum atomic E-state index is -0.313. The van der Waals surface area contributed by atoms with Crippen molar-refractivity contribution in [2.45, 2.75) is 6.92 Å². The molecule has 0 aromatic heterocycles. The molecule has 0 unspecified atom stereocenters. The summed E-state index contributed by atoms with van der Waals surface area (Å²) in [4.78, 5) is 27.3. The minimum absolute atomic E-state index is 0.000542. The predicted octanol–water partition coefficient (Wildman–Crippen LogP) is 1.41. The van der Waals surface area contributed by atoms with E-state index in [2.05, 4.69) is 5.32 Å². The van der Waals surface area contributed by atoms with Crippen LogP contribution < -0.4 is 10.1 Å². The average molecular weight is 321 g/mol. The van der Waals surface area contributed by atoms with Gasteiger partial charge in [-0.2, -0.15) is 0 Å². The van der Waals surface area contributed by atoms with E-state index < -0.39 is 0 Å². The van der Waals surface area contributed by atoms with Gasteiger partial charge in [-0.1, -0.05) is 12.1 Å². The van der Waals surface area contributed by atoms with Crippen LogP contribution in [0, 0.1) is 0 Å². The first-order chi connectivity index (χ1) is 11.2. The van der Waals surface area contributed by atoms with Crippen molar-refractivity contribution in [3.63, 3.8) is 0 Å². The molecule has 0 radical (unpaired) electrons. The van der Waals surface area contributed by atoms with Gasteiger partial charge in [0.1, 0.15) is 5.75 Å². The van der Waals surface area contributed by atoms with Gasteiger partial charge in [0.15, 0.2) is 0 Å². The lowest BCUT2D eigenvalue weighted by molar-refractivity contribution is -0.130. The van der Waals surface area contributed by atoms with Crippen molar-refractivity contribution in [1.82, 2.24) is 9.80 Å². The Bertz CT molecular complexity index is 542. The highest BCUT2D eigenvalue weighted by molar-refractivity contribution is 5.81. The van der Waals surface area contributed by atoms with Crippen molar-refractivity contribution in [2.75, 3.05) is 51.8 Å². The Balaban J connectivity index is 1.80. The largest absolute Gasteiger partial charge is 0.495 e. The molecule has 0 atom stereocenters. The molecule has 2 rings (SSSR count). The Morgan fingerprint density at radius 3 is 2.43 bits per heavy atom. The topological polar surface area (TPSA) is 71.1 Å². The smallest absolute Gasteiger partial charge is 0.409 e. The molecule has 1 aromatic rings. The molecule has 7 heteroatoms. The Labute approximate surface area is 136 Å². The summed E-state index contributed by atoms with van der Waals surface area (Å²) in [6.07, 6.45) is -0.313. The standard InChI is InChI=1S/C16H23N3O4/c1-3-23-16(21)19-10-8-18(9-11-19)15(20)12-17-13-6-4-5-7-14(13)22-2/h4-7,17H,3,8-12H2,1-2H3. The highest BCUT2D eigenvalue weighted by atomic mass is 16.6. The summed E-state index contributed by atoms with van der Waals surface area (Å²) in [6, 6.07) is 7.46. The number of para-hydroxylation sites is 2. The molecular weight excluding hydrogens is 298 g/mol. The van der Waals surface area contributed by atoms with E-state index in [0.29, 0.717) is 38.5 Å². The van der Waals surface area contributed by atoms with Gasteiger partial charge in [-0.15, -0.1) is 0 Å². The number of carbonyl (C=O) groups is 2. The van der Waals surface area contributed by atoms with Gasteiger partial charge in [0.05, 0.1) is 25.9 Å². The third-order valence-corrected chi connectivity index (χ3v) is 3.70. The SMILES string of the molecule is CCOC(=O)N1CCN(C(=O)CNc2ccccc2OC)CC1. The molecule has 1 saturated heterocycles. The molecule has 126 valence electrons. The number of hydrogen-bond donors (Lipinski definition) is 1. The van der Waals surface area contributed by atoms with Gasteiger partial charge in [-0.3, -0.25) is 4.79 Å². The second kappa shape index (κ2) is 8.26. The molecule has 1 N–H and O–H groups in total. The van der Waals surface area contributed by atoms with Gasteiger partial charge < -0.3 is 24.6 Å². The van der Waals surface area contributed by atoms with Gasteiger partial charge in [-0.25, -0.2) is 4.79 Å². The van der Waals surface area contributed by atoms with Gasteiger partial charge in [0, 0.05) is 26.2 Å². The number of nitrogens with one attached hydrogen (secondary N) is 1. The maximum Gasteiger partial charge on any atom is 0.409 e. The number of methoxy groups -OCH3 is 1. The summed E-state index contributed by atoms with van der Waals surface area (Å²) in [5.74, 6) is 0.701. The minimum Gasteiger partial charge on any atom is -0.495 e. The van der Waals surface area contributed by atoms with E-state index >= 15 is 0 Å². The van der Waals surface area contributed by atoms with Gasteiger partial charge in [0.25, 0.3) is 0 Å². The highest BCUT2D eigenvalue weighted by Gasteiger charge is 2.24. The van der Waals surface area contributed by atoms with E-state index in [1.807, 2.05) is 24.3 Å². The van der Waals surface area contributed by atoms with Crippen molar-refractivity contribution in [2.24, 2.45) is 0 Å². The van der Waals surface area contributed by atoms with Gasteiger partial charge >= 0.3 is 6.09 Å². The Morgan fingerprint density at radius 2 is 1.78 bits per heavy atom. The molecule has 0 aliphatic carbocycles. The fraction of sp³-hybridized carbons (Fsp3) is 0.500. The molecule has 1 aliphatic heterocycles. The van der Waals surface area contributed by atoms with Gasteiger partial charge in [-0.05, 0) is 19.1 Å². The molecule has 7 nitrogen and oxygen atoms in total. The molecule has 23 heavy (non-hydrogen) atoms. The number of nitrogens with zero attached hydrogens (tertiary/aromatic N) is 2. The first-order valence-corrected chi connectivity index (χ1v) is 7.72. The summed E-state index contributed by atoms with van der Waals surface area (Å²) in [5, 5.41) is 3.09. The van der Waals surface area contributed by atoms with Crippen LogP contribution in [0.2, 0.25) is 0 Å². The molecule has 1 heterocycles. The van der Waals surface area contributed by atoms with Crippen LogP contribution in [0.25, 0.3) is 0 Å². The zero-order valence-corrected chi connectivity index (χ0v) is 13.6. The van der Waals surface area contributed by atoms with Crippen LogP contribution in [0.5, 0.6) is 5.75 Å². The Morgan fingerprint density at radius 1 is 1.13 bits per heavy atom. The normalized spacial score (nSPS) is 14.3. The molecule has 0 saturated carbocycles. The second-order valence-corrected chi connectivity index (χ2v) is 5.12. The molecule has 2 amide bonds. The lowest BCUT2D eigenvalue weighted by atomic mass is 10.3. The van der Waals surface area contributed by atoms with Crippen molar-refractivity contribution in [3.05, 3.63) is 24.3 Å². The fourth-order valence-electron chi connectivity index (χ4n) is 2.43.